The summed E-state index contributed by atoms with van der Waals surface area (Å²) in [5.74, 6) is 1.10. The molecule has 0 fully saturated rings. The second-order valence-corrected chi connectivity index (χ2v) is 7.69. The SMILES string of the molecule is Cc1cc(NCC(C)O)nc(NCC(C)O)c1N=Nc1c(C#N)cnn1-c1ccc(N=O)cc1. The lowest BCUT2D eigenvalue weighted by molar-refractivity contribution is 0.208. The topological polar surface area (TPSA) is 173 Å². The van der Waals surface area contributed by atoms with Gasteiger partial charge in [0.25, 0.3) is 0 Å². The predicted octanol–water partition coefficient (Wildman–Crippen LogP) is 3.85. The minimum Gasteiger partial charge on any atom is -0.392 e. The number of hydrogen-bond donors (Lipinski definition) is 4. The van der Waals surface area contributed by atoms with Crippen molar-refractivity contribution in [2.45, 2.75) is 33.0 Å². The summed E-state index contributed by atoms with van der Waals surface area (Å²) in [5.41, 5.74) is 2.19. The van der Waals surface area contributed by atoms with Gasteiger partial charge in [-0.05, 0) is 61.8 Å². The highest BCUT2D eigenvalue weighted by Gasteiger charge is 2.15. The number of anilines is 2. The third-order valence-electron chi connectivity index (χ3n) is 4.64. The van der Waals surface area contributed by atoms with Crippen molar-refractivity contribution in [1.82, 2.24) is 14.8 Å². The maximum atomic E-state index is 10.7. The number of rotatable bonds is 10. The Morgan fingerprint density at radius 1 is 1.12 bits per heavy atom. The first-order valence-electron chi connectivity index (χ1n) is 10.5. The van der Waals surface area contributed by atoms with Gasteiger partial charge in [0.15, 0.2) is 11.6 Å². The van der Waals surface area contributed by atoms with E-state index in [1.165, 1.54) is 23.0 Å². The Bertz CT molecular complexity index is 1210. The van der Waals surface area contributed by atoms with Gasteiger partial charge < -0.3 is 20.8 Å². The van der Waals surface area contributed by atoms with E-state index < -0.39 is 12.2 Å². The highest BCUT2D eigenvalue weighted by Crippen LogP contribution is 2.33. The molecule has 0 radical (unpaired) electrons. The molecule has 12 nitrogen and oxygen atoms in total. The average molecular weight is 464 g/mol. The van der Waals surface area contributed by atoms with Crippen molar-refractivity contribution in [1.29, 1.82) is 5.26 Å². The van der Waals surface area contributed by atoms with Crippen LogP contribution in [0.3, 0.4) is 0 Å². The Labute approximate surface area is 196 Å². The van der Waals surface area contributed by atoms with Crippen LogP contribution in [-0.2, 0) is 0 Å². The molecule has 0 amide bonds. The summed E-state index contributed by atoms with van der Waals surface area (Å²) in [6.07, 6.45) is 0.189. The van der Waals surface area contributed by atoms with E-state index >= 15 is 0 Å². The van der Waals surface area contributed by atoms with E-state index in [-0.39, 0.29) is 23.6 Å². The number of aliphatic hydroxyl groups is 2. The quantitative estimate of drug-likeness (QED) is 0.259. The molecule has 12 heteroatoms. The van der Waals surface area contributed by atoms with Gasteiger partial charge in [-0.25, -0.2) is 9.67 Å². The van der Waals surface area contributed by atoms with Gasteiger partial charge in [0.2, 0.25) is 0 Å². The molecule has 0 aliphatic rings. The molecule has 34 heavy (non-hydrogen) atoms. The van der Waals surface area contributed by atoms with E-state index in [2.05, 4.69) is 36.1 Å². The summed E-state index contributed by atoms with van der Waals surface area (Å²) >= 11 is 0. The van der Waals surface area contributed by atoms with Crippen molar-refractivity contribution in [3.05, 3.63) is 52.6 Å². The number of nitroso groups, excluding NO2 is 1. The third kappa shape index (κ3) is 5.97. The first-order chi connectivity index (χ1) is 16.3. The molecule has 0 saturated carbocycles. The van der Waals surface area contributed by atoms with Crippen molar-refractivity contribution >= 4 is 28.8 Å². The van der Waals surface area contributed by atoms with E-state index in [9.17, 15) is 20.4 Å². The molecule has 3 rings (SSSR count). The van der Waals surface area contributed by atoms with Crippen LogP contribution in [-0.4, -0.2) is 50.3 Å². The Morgan fingerprint density at radius 2 is 1.79 bits per heavy atom. The minimum atomic E-state index is -0.628. The molecule has 0 aliphatic carbocycles. The predicted molar refractivity (Wildman–Crippen MR) is 127 cm³/mol. The number of hydrogen-bond acceptors (Lipinski definition) is 11. The monoisotopic (exact) mass is 463 g/mol. The summed E-state index contributed by atoms with van der Waals surface area (Å²) in [5, 5.41) is 50.6. The molecule has 0 bridgehead atoms. The fraction of sp³-hybridized carbons (Fsp3) is 0.318. The third-order valence-corrected chi connectivity index (χ3v) is 4.64. The van der Waals surface area contributed by atoms with Gasteiger partial charge in [0, 0.05) is 13.1 Å². The molecule has 3 aromatic rings. The maximum Gasteiger partial charge on any atom is 0.195 e. The van der Waals surface area contributed by atoms with Crippen molar-refractivity contribution in [2.24, 2.45) is 15.4 Å². The lowest BCUT2D eigenvalue weighted by Gasteiger charge is -2.15. The number of aromatic nitrogens is 3. The van der Waals surface area contributed by atoms with Crippen LogP contribution < -0.4 is 10.6 Å². The van der Waals surface area contributed by atoms with Crippen LogP contribution >= 0.6 is 0 Å². The van der Waals surface area contributed by atoms with Gasteiger partial charge >= 0.3 is 0 Å². The molecule has 0 spiro atoms. The fourth-order valence-electron chi connectivity index (χ4n) is 2.96. The van der Waals surface area contributed by atoms with E-state index in [1.807, 2.05) is 13.0 Å². The molecular weight excluding hydrogens is 438 g/mol. The highest BCUT2D eigenvalue weighted by molar-refractivity contribution is 5.68. The first-order valence-corrected chi connectivity index (χ1v) is 10.5. The Balaban J connectivity index is 2.01. The average Bonchev–Trinajstić information content (AvgIpc) is 3.23. The van der Waals surface area contributed by atoms with Crippen LogP contribution in [0, 0.1) is 23.2 Å². The van der Waals surface area contributed by atoms with Crippen LogP contribution in [0.25, 0.3) is 5.69 Å². The molecule has 2 unspecified atom stereocenters. The van der Waals surface area contributed by atoms with Crippen LogP contribution in [0.1, 0.15) is 25.0 Å². The van der Waals surface area contributed by atoms with Gasteiger partial charge in [-0.15, -0.1) is 15.1 Å². The molecular formula is C22H25N9O3. The number of pyridine rings is 1. The van der Waals surface area contributed by atoms with Crippen LogP contribution in [0.15, 0.2) is 51.9 Å². The van der Waals surface area contributed by atoms with Gasteiger partial charge in [-0.2, -0.15) is 10.4 Å². The Morgan fingerprint density at radius 3 is 2.41 bits per heavy atom. The van der Waals surface area contributed by atoms with Crippen molar-refractivity contribution in [2.75, 3.05) is 23.7 Å². The number of aliphatic hydroxyl groups excluding tert-OH is 2. The minimum absolute atomic E-state index is 0.200. The van der Waals surface area contributed by atoms with Crippen molar-refractivity contribution < 1.29 is 10.2 Å². The van der Waals surface area contributed by atoms with Gasteiger partial charge in [-0.1, -0.05) is 0 Å². The summed E-state index contributed by atoms with van der Waals surface area (Å²) in [4.78, 5) is 15.2. The highest BCUT2D eigenvalue weighted by atomic mass is 16.3. The smallest absolute Gasteiger partial charge is 0.195 e. The van der Waals surface area contributed by atoms with Crippen LogP contribution in [0.4, 0.5) is 28.8 Å². The zero-order chi connectivity index (χ0) is 24.7. The van der Waals surface area contributed by atoms with Crippen molar-refractivity contribution in [3.63, 3.8) is 0 Å². The molecule has 0 aliphatic heterocycles. The fourth-order valence-corrected chi connectivity index (χ4v) is 2.96. The standard InChI is InChI=1S/C22H25N9O3/c1-13-8-19(24-10-14(2)32)27-21(25-11-15(3)33)20(13)28-29-22-16(9-23)12-26-31(22)18-6-4-17(30-34)5-7-18/h4-8,12,14-15,32-33H,10-11H2,1-3H3,(H2,24,25,27). The lowest BCUT2D eigenvalue weighted by atomic mass is 10.2. The molecule has 1 aromatic carbocycles. The molecule has 0 saturated heterocycles. The number of azo groups is 1. The summed E-state index contributed by atoms with van der Waals surface area (Å²) in [6, 6.07) is 10.1. The molecule has 2 heterocycles. The Hall–Kier alpha value is -4.21. The van der Waals surface area contributed by atoms with E-state index in [0.29, 0.717) is 29.6 Å². The first kappa shape index (κ1) is 24.4. The largest absolute Gasteiger partial charge is 0.392 e. The zero-order valence-corrected chi connectivity index (χ0v) is 19.0. The number of nitrogens with zero attached hydrogens (tertiary/aromatic N) is 7. The number of nitriles is 1. The lowest BCUT2D eigenvalue weighted by Crippen LogP contribution is -2.18. The van der Waals surface area contributed by atoms with Gasteiger partial charge in [-0.3, -0.25) is 0 Å². The number of nitrogens with one attached hydrogen (secondary N) is 2. The van der Waals surface area contributed by atoms with Crippen LogP contribution in [0.2, 0.25) is 0 Å². The number of aryl methyl sites for hydroxylation is 1. The Kier molecular flexibility index (Phi) is 7.96. The zero-order valence-electron chi connectivity index (χ0n) is 19.0. The molecule has 2 aromatic heterocycles. The van der Waals surface area contributed by atoms with E-state index in [1.54, 1.807) is 32.0 Å². The number of benzene rings is 1. The molecule has 2 atom stereocenters. The summed E-state index contributed by atoms with van der Waals surface area (Å²) in [6.45, 7) is 5.66. The molecule has 4 N–H and O–H groups in total. The van der Waals surface area contributed by atoms with E-state index in [4.69, 9.17) is 0 Å². The second-order valence-electron chi connectivity index (χ2n) is 7.69. The second kappa shape index (κ2) is 11.1. The van der Waals surface area contributed by atoms with Gasteiger partial charge in [0.1, 0.15) is 28.8 Å². The van der Waals surface area contributed by atoms with Crippen LogP contribution in [0.5, 0.6) is 0 Å². The normalized spacial score (nSPS) is 12.8. The maximum absolute atomic E-state index is 10.7. The van der Waals surface area contributed by atoms with Gasteiger partial charge in [0.05, 0.1) is 24.1 Å². The summed E-state index contributed by atoms with van der Waals surface area (Å²) < 4.78 is 1.43. The van der Waals surface area contributed by atoms with Crippen molar-refractivity contribution in [3.8, 4) is 11.8 Å². The molecule has 176 valence electrons. The van der Waals surface area contributed by atoms with E-state index in [0.717, 1.165) is 5.56 Å². The summed E-state index contributed by atoms with van der Waals surface area (Å²) in [7, 11) is 0.